The van der Waals surface area contributed by atoms with Crippen LogP contribution in [0.25, 0.3) is 0 Å². The number of carbonyl (C=O) groups excluding carboxylic acids is 2. The molecule has 4 atom stereocenters. The minimum atomic E-state index is -1.24. The van der Waals surface area contributed by atoms with Crippen molar-refractivity contribution in [3.8, 4) is 5.75 Å². The standard InChI is InChI=1S/C20H21N7O7S2/c1-8(36-20-23-25-26-24-20)11-7-35-18-14(17(31)27(18)15(11)19(32)33)22-16(30)13(21)9-2-4-10(5-3-9)34-6-12(28)29/h2-5,8,13-14,18H,6-7,21H2,1H3,(H,22,30)(H,28,29)(H,32,33)(H,23,24,25,26)/t8?,13?,14?,18-/m0/s1. The van der Waals surface area contributed by atoms with Crippen LogP contribution >= 0.6 is 23.5 Å². The number of H-pyrrole nitrogens is 1. The van der Waals surface area contributed by atoms with E-state index in [4.69, 9.17) is 15.6 Å². The van der Waals surface area contributed by atoms with E-state index in [1.165, 1.54) is 52.7 Å². The van der Waals surface area contributed by atoms with E-state index in [1.807, 2.05) is 0 Å². The minimum absolute atomic E-state index is 0.108. The van der Waals surface area contributed by atoms with Gasteiger partial charge in [0.25, 0.3) is 5.91 Å². The zero-order valence-corrected chi connectivity index (χ0v) is 20.3. The van der Waals surface area contributed by atoms with Gasteiger partial charge in [0.05, 0.1) is 0 Å². The highest BCUT2D eigenvalue weighted by Crippen LogP contribution is 2.43. The molecular weight excluding hydrogens is 514 g/mol. The number of amides is 2. The summed E-state index contributed by atoms with van der Waals surface area (Å²) in [6.07, 6.45) is 0. The zero-order chi connectivity index (χ0) is 26.0. The molecule has 1 aromatic carbocycles. The molecule has 0 bridgehead atoms. The van der Waals surface area contributed by atoms with Gasteiger partial charge < -0.3 is 26.0 Å². The third-order valence-electron chi connectivity index (χ3n) is 5.49. The number of carboxylic acid groups (broad SMARTS) is 2. The molecule has 0 saturated carbocycles. The van der Waals surface area contributed by atoms with Gasteiger partial charge in [-0.2, -0.15) is 0 Å². The number of fused-ring (bicyclic) bond motifs is 1. The van der Waals surface area contributed by atoms with Gasteiger partial charge in [0, 0.05) is 11.0 Å². The van der Waals surface area contributed by atoms with Crippen LogP contribution in [0.3, 0.4) is 0 Å². The molecule has 3 unspecified atom stereocenters. The fraction of sp³-hybridized carbons (Fsp3) is 0.350. The van der Waals surface area contributed by atoms with E-state index in [9.17, 15) is 24.3 Å². The molecular formula is C20H21N7O7S2. The Labute approximate surface area is 212 Å². The molecule has 1 aromatic heterocycles. The van der Waals surface area contributed by atoms with Crippen LogP contribution in [0.1, 0.15) is 18.5 Å². The van der Waals surface area contributed by atoms with Crippen molar-refractivity contribution in [2.75, 3.05) is 12.4 Å². The van der Waals surface area contributed by atoms with Gasteiger partial charge in [0.2, 0.25) is 11.1 Å². The van der Waals surface area contributed by atoms with Crippen molar-refractivity contribution in [1.82, 2.24) is 30.8 Å². The third kappa shape index (κ3) is 5.14. The van der Waals surface area contributed by atoms with Crippen LogP contribution < -0.4 is 15.8 Å². The number of hydrogen-bond acceptors (Lipinski definition) is 11. The summed E-state index contributed by atoms with van der Waals surface area (Å²) in [7, 11) is 0. The van der Waals surface area contributed by atoms with Crippen LogP contribution in [-0.4, -0.2) is 88.5 Å². The molecule has 2 amide bonds. The number of β-lactam (4-membered cyclic amide) rings is 1. The second kappa shape index (κ2) is 10.5. The van der Waals surface area contributed by atoms with Crippen LogP contribution in [0.4, 0.5) is 0 Å². The number of carboxylic acids is 2. The number of aliphatic carboxylic acids is 2. The summed E-state index contributed by atoms with van der Waals surface area (Å²) in [5.74, 6) is -2.88. The quantitative estimate of drug-likeness (QED) is 0.193. The number of tetrazole rings is 1. The predicted octanol–water partition coefficient (Wildman–Crippen LogP) is -0.418. The van der Waals surface area contributed by atoms with Gasteiger partial charge in [0.1, 0.15) is 28.9 Å². The van der Waals surface area contributed by atoms with Gasteiger partial charge in [-0.15, -0.1) is 16.9 Å². The van der Waals surface area contributed by atoms with Gasteiger partial charge in [-0.3, -0.25) is 14.5 Å². The van der Waals surface area contributed by atoms with E-state index in [0.717, 1.165) is 0 Å². The topological polar surface area (TPSA) is 214 Å². The highest BCUT2D eigenvalue weighted by Gasteiger charge is 2.54. The number of aromatic amines is 1. The highest BCUT2D eigenvalue weighted by atomic mass is 32.2. The van der Waals surface area contributed by atoms with Crippen LogP contribution in [0.5, 0.6) is 5.75 Å². The van der Waals surface area contributed by atoms with Gasteiger partial charge in [-0.25, -0.2) is 14.7 Å². The van der Waals surface area contributed by atoms with Crippen molar-refractivity contribution in [3.05, 3.63) is 41.1 Å². The normalized spacial score (nSPS) is 20.7. The van der Waals surface area contributed by atoms with Gasteiger partial charge in [-0.05, 0) is 40.6 Å². The Bertz CT molecular complexity index is 1210. The second-order valence-corrected chi connectivity index (χ2v) is 10.2. The number of thioether (sulfide) groups is 2. The Kier molecular flexibility index (Phi) is 7.46. The molecule has 36 heavy (non-hydrogen) atoms. The SMILES string of the molecule is CC(Sc1nnn[nH]1)C1=C(C(=O)O)N2C(=O)C(NC(=O)C(N)c3ccc(OCC(=O)O)cc3)[C@@H]2SC1. The van der Waals surface area contributed by atoms with E-state index >= 15 is 0 Å². The number of rotatable bonds is 10. The van der Waals surface area contributed by atoms with Crippen molar-refractivity contribution in [1.29, 1.82) is 0 Å². The number of hydrogen-bond donors (Lipinski definition) is 5. The molecule has 190 valence electrons. The van der Waals surface area contributed by atoms with Crippen LogP contribution in [0.2, 0.25) is 0 Å². The van der Waals surface area contributed by atoms with Gasteiger partial charge in [0.15, 0.2) is 6.61 Å². The number of nitrogens with one attached hydrogen (secondary N) is 2. The molecule has 2 aliphatic heterocycles. The number of aromatic nitrogens is 4. The van der Waals surface area contributed by atoms with Crippen molar-refractivity contribution in [2.24, 2.45) is 5.73 Å². The lowest BCUT2D eigenvalue weighted by atomic mass is 10.0. The molecule has 16 heteroatoms. The summed E-state index contributed by atoms with van der Waals surface area (Å²) >= 11 is 2.58. The smallest absolute Gasteiger partial charge is 0.352 e. The van der Waals surface area contributed by atoms with Crippen LogP contribution in [0.15, 0.2) is 40.7 Å². The maximum Gasteiger partial charge on any atom is 0.352 e. The predicted molar refractivity (Wildman–Crippen MR) is 126 cm³/mol. The summed E-state index contributed by atoms with van der Waals surface area (Å²) in [6, 6.07) is 3.98. The average molecular weight is 536 g/mol. The van der Waals surface area contributed by atoms with Crippen molar-refractivity contribution < 1.29 is 34.1 Å². The Balaban J connectivity index is 1.42. The largest absolute Gasteiger partial charge is 0.482 e. The summed E-state index contributed by atoms with van der Waals surface area (Å²) in [4.78, 5) is 49.5. The monoisotopic (exact) mass is 535 g/mol. The summed E-state index contributed by atoms with van der Waals surface area (Å²) in [5.41, 5.74) is 6.91. The fourth-order valence-corrected chi connectivity index (χ4v) is 6.13. The van der Waals surface area contributed by atoms with Crippen molar-refractivity contribution in [2.45, 2.75) is 34.8 Å². The maximum atomic E-state index is 12.9. The van der Waals surface area contributed by atoms with E-state index < -0.39 is 47.8 Å². The second-order valence-electron chi connectivity index (χ2n) is 7.77. The van der Waals surface area contributed by atoms with Crippen LogP contribution in [0, 0.1) is 0 Å². The van der Waals surface area contributed by atoms with Crippen LogP contribution in [-0.2, 0) is 19.2 Å². The Morgan fingerprint density at radius 2 is 2.06 bits per heavy atom. The lowest BCUT2D eigenvalue weighted by Gasteiger charge is -2.50. The molecule has 2 aromatic rings. The first-order valence-corrected chi connectivity index (χ1v) is 12.4. The summed E-state index contributed by atoms with van der Waals surface area (Å²) in [6.45, 7) is 1.29. The molecule has 14 nitrogen and oxygen atoms in total. The zero-order valence-electron chi connectivity index (χ0n) is 18.7. The lowest BCUT2D eigenvalue weighted by Crippen LogP contribution is -2.71. The molecule has 0 aliphatic carbocycles. The highest BCUT2D eigenvalue weighted by molar-refractivity contribution is 8.01. The van der Waals surface area contributed by atoms with Gasteiger partial charge in [-0.1, -0.05) is 23.9 Å². The number of benzene rings is 1. The molecule has 0 spiro atoms. The van der Waals surface area contributed by atoms with Gasteiger partial charge >= 0.3 is 11.9 Å². The number of nitrogens with two attached hydrogens (primary N) is 1. The number of ether oxygens (including phenoxy) is 1. The van der Waals surface area contributed by atoms with Crippen molar-refractivity contribution in [3.63, 3.8) is 0 Å². The first-order valence-electron chi connectivity index (χ1n) is 10.5. The Morgan fingerprint density at radius 1 is 1.33 bits per heavy atom. The number of nitrogens with zero attached hydrogens (tertiary/aromatic N) is 4. The molecule has 0 radical (unpaired) electrons. The van der Waals surface area contributed by atoms with Crippen molar-refractivity contribution >= 4 is 47.3 Å². The van der Waals surface area contributed by atoms with E-state index in [2.05, 4.69) is 25.9 Å². The summed E-state index contributed by atoms with van der Waals surface area (Å²) in [5, 5.41) is 34.0. The fourth-order valence-electron chi connectivity index (χ4n) is 3.70. The average Bonchev–Trinajstić information content (AvgIpc) is 3.37. The molecule has 6 N–H and O–H groups in total. The molecule has 1 fully saturated rings. The number of carbonyl (C=O) groups is 4. The van der Waals surface area contributed by atoms with E-state index in [1.54, 1.807) is 6.92 Å². The third-order valence-corrected chi connectivity index (χ3v) is 7.82. The maximum absolute atomic E-state index is 12.9. The first kappa shape index (κ1) is 25.5. The Hall–Kier alpha value is -3.63. The van der Waals surface area contributed by atoms with E-state index in [-0.39, 0.29) is 10.9 Å². The lowest BCUT2D eigenvalue weighted by molar-refractivity contribution is -0.150. The molecule has 1 saturated heterocycles. The Morgan fingerprint density at radius 3 is 2.67 bits per heavy atom. The molecule has 2 aliphatic rings. The van der Waals surface area contributed by atoms with E-state index in [0.29, 0.717) is 27.8 Å². The first-order chi connectivity index (χ1) is 17.2. The minimum Gasteiger partial charge on any atom is -0.482 e. The molecule has 4 rings (SSSR count). The molecule has 3 heterocycles. The summed E-state index contributed by atoms with van der Waals surface area (Å²) < 4.78 is 5.05.